The SMILES string of the molecule is CN(Cc1nnc2n1CCC2)C(=O)[C@H]1CC=CCC1. The lowest BCUT2D eigenvalue weighted by atomic mass is 9.93. The first-order valence-corrected chi connectivity index (χ1v) is 7.06. The predicted octanol–water partition coefficient (Wildman–Crippen LogP) is 1.54. The van der Waals surface area contributed by atoms with Gasteiger partial charge in [0.2, 0.25) is 5.91 Å². The van der Waals surface area contributed by atoms with Gasteiger partial charge < -0.3 is 9.47 Å². The Morgan fingerprint density at radius 2 is 2.37 bits per heavy atom. The molecule has 1 amide bonds. The van der Waals surface area contributed by atoms with Gasteiger partial charge in [-0.3, -0.25) is 4.79 Å². The Kier molecular flexibility index (Phi) is 3.36. The summed E-state index contributed by atoms with van der Waals surface area (Å²) in [5.41, 5.74) is 0. The molecule has 3 rings (SSSR count). The van der Waals surface area contributed by atoms with Gasteiger partial charge in [0.1, 0.15) is 5.82 Å². The van der Waals surface area contributed by atoms with Crippen LogP contribution >= 0.6 is 0 Å². The molecule has 1 aliphatic carbocycles. The van der Waals surface area contributed by atoms with E-state index in [1.165, 1.54) is 0 Å². The van der Waals surface area contributed by atoms with E-state index in [9.17, 15) is 4.79 Å². The van der Waals surface area contributed by atoms with E-state index in [-0.39, 0.29) is 11.8 Å². The fraction of sp³-hybridized carbons (Fsp3) is 0.643. The summed E-state index contributed by atoms with van der Waals surface area (Å²) in [7, 11) is 1.87. The molecule has 1 aromatic heterocycles. The summed E-state index contributed by atoms with van der Waals surface area (Å²) < 4.78 is 2.16. The third-order valence-electron chi connectivity index (χ3n) is 4.06. The number of amides is 1. The van der Waals surface area contributed by atoms with E-state index in [2.05, 4.69) is 26.9 Å². The summed E-state index contributed by atoms with van der Waals surface area (Å²) in [6.07, 6.45) is 9.30. The Morgan fingerprint density at radius 3 is 3.16 bits per heavy atom. The van der Waals surface area contributed by atoms with Gasteiger partial charge >= 0.3 is 0 Å². The Hall–Kier alpha value is -1.65. The first-order valence-electron chi connectivity index (χ1n) is 7.06. The highest BCUT2D eigenvalue weighted by molar-refractivity contribution is 5.78. The highest BCUT2D eigenvalue weighted by Gasteiger charge is 2.24. The normalized spacial score (nSPS) is 21.4. The first-order chi connectivity index (χ1) is 9.25. The van der Waals surface area contributed by atoms with Crippen molar-refractivity contribution in [1.82, 2.24) is 19.7 Å². The molecule has 1 aromatic rings. The standard InChI is InChI=1S/C14H20N4O/c1-17(14(19)11-6-3-2-4-7-11)10-13-16-15-12-8-5-9-18(12)13/h2-3,11H,4-10H2,1H3/t11-/m0/s1. The van der Waals surface area contributed by atoms with Crippen LogP contribution in [0, 0.1) is 5.92 Å². The smallest absolute Gasteiger partial charge is 0.226 e. The van der Waals surface area contributed by atoms with E-state index in [0.717, 1.165) is 50.3 Å². The third kappa shape index (κ3) is 2.41. The summed E-state index contributed by atoms with van der Waals surface area (Å²) in [5.74, 6) is 2.38. The minimum Gasteiger partial charge on any atom is -0.338 e. The minimum absolute atomic E-state index is 0.149. The summed E-state index contributed by atoms with van der Waals surface area (Å²) in [5, 5.41) is 8.40. The van der Waals surface area contributed by atoms with Crippen LogP contribution in [0.25, 0.3) is 0 Å². The summed E-state index contributed by atoms with van der Waals surface area (Å²) >= 11 is 0. The first kappa shape index (κ1) is 12.4. The molecule has 2 heterocycles. The molecule has 0 aromatic carbocycles. The van der Waals surface area contributed by atoms with Gasteiger partial charge in [0.15, 0.2) is 5.82 Å². The maximum atomic E-state index is 12.4. The topological polar surface area (TPSA) is 51.0 Å². The van der Waals surface area contributed by atoms with Gasteiger partial charge in [0.25, 0.3) is 0 Å². The second-order valence-electron chi connectivity index (χ2n) is 5.46. The zero-order valence-corrected chi connectivity index (χ0v) is 11.4. The Labute approximate surface area is 113 Å². The number of carbonyl (C=O) groups is 1. The molecule has 1 aliphatic heterocycles. The van der Waals surface area contributed by atoms with Gasteiger partial charge in [-0.15, -0.1) is 10.2 Å². The second-order valence-corrected chi connectivity index (χ2v) is 5.46. The van der Waals surface area contributed by atoms with Gasteiger partial charge in [-0.1, -0.05) is 12.2 Å². The Morgan fingerprint density at radius 1 is 1.47 bits per heavy atom. The van der Waals surface area contributed by atoms with Crippen molar-refractivity contribution in [3.05, 3.63) is 23.8 Å². The van der Waals surface area contributed by atoms with Crippen LogP contribution in [0.15, 0.2) is 12.2 Å². The van der Waals surface area contributed by atoms with Crippen molar-refractivity contribution in [1.29, 1.82) is 0 Å². The van der Waals surface area contributed by atoms with Crippen molar-refractivity contribution in [2.45, 2.75) is 45.2 Å². The number of aryl methyl sites for hydroxylation is 1. The molecule has 0 N–H and O–H groups in total. The average Bonchev–Trinajstić information content (AvgIpc) is 3.04. The number of allylic oxidation sites excluding steroid dienone is 2. The number of nitrogens with zero attached hydrogens (tertiary/aromatic N) is 4. The molecule has 0 bridgehead atoms. The number of aromatic nitrogens is 3. The Bertz CT molecular complexity index is 506. The van der Waals surface area contributed by atoms with Crippen LogP contribution in [0.1, 0.15) is 37.3 Å². The van der Waals surface area contributed by atoms with E-state index in [4.69, 9.17) is 0 Å². The van der Waals surface area contributed by atoms with Gasteiger partial charge in [-0.05, 0) is 25.7 Å². The largest absolute Gasteiger partial charge is 0.338 e. The van der Waals surface area contributed by atoms with Gasteiger partial charge in [0, 0.05) is 25.9 Å². The van der Waals surface area contributed by atoms with E-state index < -0.39 is 0 Å². The Balaban J connectivity index is 1.65. The van der Waals surface area contributed by atoms with Crippen molar-refractivity contribution < 1.29 is 4.79 Å². The van der Waals surface area contributed by atoms with Crippen molar-refractivity contribution in [3.63, 3.8) is 0 Å². The molecule has 2 aliphatic rings. The highest BCUT2D eigenvalue weighted by Crippen LogP contribution is 2.21. The van der Waals surface area contributed by atoms with Crippen molar-refractivity contribution >= 4 is 5.91 Å². The summed E-state index contributed by atoms with van der Waals surface area (Å²) in [4.78, 5) is 14.2. The zero-order valence-electron chi connectivity index (χ0n) is 11.4. The molecule has 0 saturated heterocycles. The molecule has 0 radical (unpaired) electrons. The molecule has 0 saturated carbocycles. The molecule has 0 spiro atoms. The van der Waals surface area contributed by atoms with Crippen LogP contribution < -0.4 is 0 Å². The van der Waals surface area contributed by atoms with Gasteiger partial charge in [-0.2, -0.15) is 0 Å². The number of rotatable bonds is 3. The maximum absolute atomic E-state index is 12.4. The fourth-order valence-electron chi connectivity index (χ4n) is 2.95. The molecular formula is C14H20N4O. The monoisotopic (exact) mass is 260 g/mol. The lowest BCUT2D eigenvalue weighted by Gasteiger charge is -2.24. The molecule has 102 valence electrons. The summed E-state index contributed by atoms with van der Waals surface area (Å²) in [6, 6.07) is 0. The molecule has 5 heteroatoms. The molecule has 1 atom stereocenters. The van der Waals surface area contributed by atoms with Crippen molar-refractivity contribution in [3.8, 4) is 0 Å². The average molecular weight is 260 g/mol. The van der Waals surface area contributed by atoms with Crippen LogP contribution in [0.4, 0.5) is 0 Å². The van der Waals surface area contributed by atoms with Crippen LogP contribution in [-0.4, -0.2) is 32.6 Å². The third-order valence-corrected chi connectivity index (χ3v) is 4.06. The molecule has 5 nitrogen and oxygen atoms in total. The molecule has 0 fully saturated rings. The van der Waals surface area contributed by atoms with Gasteiger partial charge in [-0.25, -0.2) is 0 Å². The van der Waals surface area contributed by atoms with Crippen molar-refractivity contribution in [2.24, 2.45) is 5.92 Å². The van der Waals surface area contributed by atoms with E-state index in [0.29, 0.717) is 6.54 Å². The molecular weight excluding hydrogens is 240 g/mol. The van der Waals surface area contributed by atoms with E-state index in [1.54, 1.807) is 4.90 Å². The predicted molar refractivity (Wildman–Crippen MR) is 71.3 cm³/mol. The van der Waals surface area contributed by atoms with Crippen LogP contribution in [0.5, 0.6) is 0 Å². The number of hydrogen-bond acceptors (Lipinski definition) is 3. The number of hydrogen-bond donors (Lipinski definition) is 0. The minimum atomic E-state index is 0.149. The zero-order chi connectivity index (χ0) is 13.2. The van der Waals surface area contributed by atoms with Gasteiger partial charge in [0.05, 0.1) is 6.54 Å². The maximum Gasteiger partial charge on any atom is 0.226 e. The lowest BCUT2D eigenvalue weighted by molar-refractivity contribution is -0.135. The molecule has 0 unspecified atom stereocenters. The lowest BCUT2D eigenvalue weighted by Crippen LogP contribution is -2.33. The fourth-order valence-corrected chi connectivity index (χ4v) is 2.95. The summed E-state index contributed by atoms with van der Waals surface area (Å²) in [6.45, 7) is 1.57. The molecule has 19 heavy (non-hydrogen) atoms. The van der Waals surface area contributed by atoms with Crippen molar-refractivity contribution in [2.75, 3.05) is 7.05 Å². The van der Waals surface area contributed by atoms with E-state index in [1.807, 2.05) is 7.05 Å². The van der Waals surface area contributed by atoms with Crippen LogP contribution in [0.2, 0.25) is 0 Å². The quantitative estimate of drug-likeness (QED) is 0.775. The highest BCUT2D eigenvalue weighted by atomic mass is 16.2. The van der Waals surface area contributed by atoms with Crippen LogP contribution in [0.3, 0.4) is 0 Å². The second kappa shape index (κ2) is 5.15. The number of carbonyl (C=O) groups excluding carboxylic acids is 1. The van der Waals surface area contributed by atoms with E-state index >= 15 is 0 Å². The van der Waals surface area contributed by atoms with Crippen LogP contribution in [-0.2, 0) is 24.3 Å². The number of fused-ring (bicyclic) bond motifs is 1.